The molecule has 2 fully saturated rings. The fraction of sp³-hybridized carbons (Fsp3) is 0.810. The van der Waals surface area contributed by atoms with E-state index < -0.39 is 0 Å². The molecule has 2 saturated heterocycles. The summed E-state index contributed by atoms with van der Waals surface area (Å²) in [6.45, 7) is 6.07. The Balaban J connectivity index is 1.58. The minimum Gasteiger partial charge on any atom is -0.378 e. The molecule has 3 rings (SSSR count). The number of amides is 1. The molecule has 0 saturated carbocycles. The van der Waals surface area contributed by atoms with Gasteiger partial charge in [-0.2, -0.15) is 5.10 Å². The molecule has 1 aromatic rings. The molecule has 0 spiro atoms. The third-order valence-electron chi connectivity index (χ3n) is 6.22. The van der Waals surface area contributed by atoms with Crippen LogP contribution in [0.25, 0.3) is 0 Å². The molecule has 27 heavy (non-hydrogen) atoms. The first-order valence-electron chi connectivity index (χ1n) is 10.7. The summed E-state index contributed by atoms with van der Waals surface area (Å²) in [5.41, 5.74) is 1.28. The first kappa shape index (κ1) is 20.3. The van der Waals surface area contributed by atoms with Crippen LogP contribution in [0.2, 0.25) is 0 Å². The maximum absolute atomic E-state index is 12.7. The predicted octanol–water partition coefficient (Wildman–Crippen LogP) is 3.00. The van der Waals surface area contributed by atoms with Gasteiger partial charge in [0.15, 0.2) is 0 Å². The van der Waals surface area contributed by atoms with Crippen molar-refractivity contribution in [3.05, 3.63) is 18.0 Å². The number of ether oxygens (including phenoxy) is 1. The summed E-state index contributed by atoms with van der Waals surface area (Å²) >= 11 is 0. The minimum absolute atomic E-state index is 0.253. The molecule has 3 atom stereocenters. The molecule has 0 aromatic carbocycles. The van der Waals surface area contributed by atoms with Crippen molar-refractivity contribution in [2.45, 2.75) is 64.0 Å². The number of carbonyl (C=O) groups is 1. The second-order valence-electron chi connectivity index (χ2n) is 8.22. The van der Waals surface area contributed by atoms with Gasteiger partial charge in [-0.05, 0) is 57.5 Å². The van der Waals surface area contributed by atoms with E-state index in [4.69, 9.17) is 4.74 Å². The van der Waals surface area contributed by atoms with Gasteiger partial charge < -0.3 is 9.64 Å². The standard InChI is InChI=1S/C21H36N4O2/c1-4-25-12-7-8-17(21(25)18-14-22-24(3)16-18)15-23(2)20(26)11-10-19-9-5-6-13-27-19/h14,16-17,19,21H,4-13,15H2,1-3H3/t17-,19+,21+/m0/s1. The van der Waals surface area contributed by atoms with Crippen LogP contribution < -0.4 is 0 Å². The van der Waals surface area contributed by atoms with Crippen molar-refractivity contribution in [3.8, 4) is 0 Å². The molecule has 1 aromatic heterocycles. The Morgan fingerprint density at radius 3 is 2.85 bits per heavy atom. The van der Waals surface area contributed by atoms with E-state index in [9.17, 15) is 4.79 Å². The Morgan fingerprint density at radius 2 is 2.19 bits per heavy atom. The molecule has 0 radical (unpaired) electrons. The van der Waals surface area contributed by atoms with Crippen molar-refractivity contribution < 1.29 is 9.53 Å². The van der Waals surface area contributed by atoms with Gasteiger partial charge in [-0.25, -0.2) is 0 Å². The number of piperidine rings is 1. The lowest BCUT2D eigenvalue weighted by Gasteiger charge is -2.42. The summed E-state index contributed by atoms with van der Waals surface area (Å²) in [7, 11) is 3.94. The van der Waals surface area contributed by atoms with E-state index >= 15 is 0 Å². The van der Waals surface area contributed by atoms with Crippen LogP contribution in [0.4, 0.5) is 0 Å². The first-order valence-corrected chi connectivity index (χ1v) is 10.7. The topological polar surface area (TPSA) is 50.6 Å². The lowest BCUT2D eigenvalue weighted by Crippen LogP contribution is -2.44. The summed E-state index contributed by atoms with van der Waals surface area (Å²) in [6.07, 6.45) is 11.7. The molecule has 152 valence electrons. The molecular formula is C21H36N4O2. The number of likely N-dealkylation sites (tertiary alicyclic amines) is 1. The number of hydrogen-bond acceptors (Lipinski definition) is 4. The Labute approximate surface area is 163 Å². The Hall–Kier alpha value is -1.40. The largest absolute Gasteiger partial charge is 0.378 e. The van der Waals surface area contributed by atoms with E-state index in [1.165, 1.54) is 24.8 Å². The molecule has 0 unspecified atom stereocenters. The summed E-state index contributed by atoms with van der Waals surface area (Å²) < 4.78 is 7.66. The lowest BCUT2D eigenvalue weighted by atomic mass is 9.85. The number of rotatable bonds is 7. The number of hydrogen-bond donors (Lipinski definition) is 0. The van der Waals surface area contributed by atoms with E-state index in [-0.39, 0.29) is 12.0 Å². The molecule has 6 nitrogen and oxygen atoms in total. The van der Waals surface area contributed by atoms with Gasteiger partial charge >= 0.3 is 0 Å². The molecule has 6 heteroatoms. The molecule has 1 amide bonds. The monoisotopic (exact) mass is 376 g/mol. The van der Waals surface area contributed by atoms with Crippen LogP contribution >= 0.6 is 0 Å². The van der Waals surface area contributed by atoms with Gasteiger partial charge in [0.05, 0.1) is 12.3 Å². The van der Waals surface area contributed by atoms with Crippen molar-refractivity contribution in [1.82, 2.24) is 19.6 Å². The highest BCUT2D eigenvalue weighted by Gasteiger charge is 2.34. The fourth-order valence-corrected chi connectivity index (χ4v) is 4.74. The third-order valence-corrected chi connectivity index (χ3v) is 6.22. The van der Waals surface area contributed by atoms with E-state index in [2.05, 4.69) is 23.1 Å². The lowest BCUT2D eigenvalue weighted by molar-refractivity contribution is -0.132. The van der Waals surface area contributed by atoms with Gasteiger partial charge in [0, 0.05) is 51.5 Å². The normalized spacial score (nSPS) is 26.9. The molecule has 0 aliphatic carbocycles. The van der Waals surface area contributed by atoms with Crippen LogP contribution in [-0.4, -0.2) is 64.9 Å². The van der Waals surface area contributed by atoms with Crippen LogP contribution in [0.5, 0.6) is 0 Å². The smallest absolute Gasteiger partial charge is 0.222 e. The number of aromatic nitrogens is 2. The SMILES string of the molecule is CCN1CCC[C@@H](CN(C)C(=O)CC[C@H]2CCCCO2)[C@@H]1c1cnn(C)c1. The van der Waals surface area contributed by atoms with Gasteiger partial charge in [-0.1, -0.05) is 6.92 Å². The van der Waals surface area contributed by atoms with Crippen molar-refractivity contribution in [2.75, 3.05) is 33.3 Å². The molecule has 0 N–H and O–H groups in total. The maximum Gasteiger partial charge on any atom is 0.222 e. The maximum atomic E-state index is 12.7. The highest BCUT2D eigenvalue weighted by molar-refractivity contribution is 5.75. The van der Waals surface area contributed by atoms with E-state index in [1.54, 1.807) is 0 Å². The predicted molar refractivity (Wildman–Crippen MR) is 106 cm³/mol. The van der Waals surface area contributed by atoms with Crippen molar-refractivity contribution in [2.24, 2.45) is 13.0 Å². The zero-order chi connectivity index (χ0) is 19.2. The summed E-state index contributed by atoms with van der Waals surface area (Å²) in [5.74, 6) is 0.713. The van der Waals surface area contributed by atoms with Gasteiger partial charge in [0.1, 0.15) is 0 Å². The van der Waals surface area contributed by atoms with Crippen LogP contribution in [0.3, 0.4) is 0 Å². The Kier molecular flexibility index (Phi) is 7.30. The second-order valence-corrected chi connectivity index (χ2v) is 8.22. The highest BCUT2D eigenvalue weighted by atomic mass is 16.5. The van der Waals surface area contributed by atoms with Crippen LogP contribution in [0.15, 0.2) is 12.4 Å². The van der Waals surface area contributed by atoms with Gasteiger partial charge in [0.2, 0.25) is 5.91 Å². The van der Waals surface area contributed by atoms with E-state index in [0.29, 0.717) is 18.4 Å². The zero-order valence-electron chi connectivity index (χ0n) is 17.3. The average molecular weight is 377 g/mol. The number of aryl methyl sites for hydroxylation is 1. The Bertz CT molecular complexity index is 597. The summed E-state index contributed by atoms with van der Waals surface area (Å²) in [6, 6.07) is 0.356. The van der Waals surface area contributed by atoms with Crippen LogP contribution in [0.1, 0.15) is 63.5 Å². The minimum atomic E-state index is 0.253. The van der Waals surface area contributed by atoms with Crippen molar-refractivity contribution >= 4 is 5.91 Å². The van der Waals surface area contributed by atoms with Gasteiger partial charge in [-0.15, -0.1) is 0 Å². The fourth-order valence-electron chi connectivity index (χ4n) is 4.74. The van der Waals surface area contributed by atoms with E-state index in [0.717, 1.165) is 45.5 Å². The van der Waals surface area contributed by atoms with Gasteiger partial charge in [-0.3, -0.25) is 14.4 Å². The van der Waals surface area contributed by atoms with Crippen molar-refractivity contribution in [1.29, 1.82) is 0 Å². The summed E-state index contributed by atoms with van der Waals surface area (Å²) in [5, 5.41) is 4.39. The molecule has 2 aliphatic rings. The molecule has 0 bridgehead atoms. The Morgan fingerprint density at radius 1 is 1.33 bits per heavy atom. The van der Waals surface area contributed by atoms with Crippen molar-refractivity contribution in [3.63, 3.8) is 0 Å². The van der Waals surface area contributed by atoms with Crippen LogP contribution in [-0.2, 0) is 16.6 Å². The van der Waals surface area contributed by atoms with Crippen LogP contribution in [0, 0.1) is 5.92 Å². The zero-order valence-corrected chi connectivity index (χ0v) is 17.3. The summed E-state index contributed by atoms with van der Waals surface area (Å²) in [4.78, 5) is 17.2. The second kappa shape index (κ2) is 9.69. The average Bonchev–Trinajstić information content (AvgIpc) is 3.12. The quantitative estimate of drug-likeness (QED) is 0.734. The first-order chi connectivity index (χ1) is 13.1. The number of carbonyl (C=O) groups excluding carboxylic acids is 1. The third kappa shape index (κ3) is 5.32. The number of nitrogens with zero attached hydrogens (tertiary/aromatic N) is 4. The highest BCUT2D eigenvalue weighted by Crippen LogP contribution is 2.36. The van der Waals surface area contributed by atoms with E-state index in [1.807, 2.05) is 29.9 Å². The van der Waals surface area contributed by atoms with Gasteiger partial charge in [0.25, 0.3) is 0 Å². The molecule has 3 heterocycles. The molecular weight excluding hydrogens is 340 g/mol. The molecule has 2 aliphatic heterocycles.